The van der Waals surface area contributed by atoms with Crippen LogP contribution in [0.4, 0.5) is 14.5 Å². The molecule has 0 unspecified atom stereocenters. The highest BCUT2D eigenvalue weighted by atomic mass is 35.5. The van der Waals surface area contributed by atoms with Gasteiger partial charge in [-0.25, -0.2) is 8.78 Å². The third-order valence-corrected chi connectivity index (χ3v) is 6.71. The van der Waals surface area contributed by atoms with E-state index in [4.69, 9.17) is 27.9 Å². The molecule has 1 fully saturated rings. The molecule has 1 N–H and O–H groups in total. The van der Waals surface area contributed by atoms with E-state index >= 15 is 0 Å². The first-order chi connectivity index (χ1) is 17.3. The molecule has 0 atom stereocenters. The van der Waals surface area contributed by atoms with Crippen LogP contribution in [0.3, 0.4) is 0 Å². The Morgan fingerprint density at radius 1 is 1.00 bits per heavy atom. The van der Waals surface area contributed by atoms with Crippen LogP contribution in [-0.2, 0) is 27.5 Å². The maximum Gasteiger partial charge on any atom is 0.250 e. The van der Waals surface area contributed by atoms with E-state index in [1.807, 2.05) is 30.3 Å². The minimum atomic E-state index is -1.34. The minimum Gasteiger partial charge on any atom is -0.373 e. The number of alkyl halides is 1. The molecule has 0 bridgehead atoms. The molecular formula is C27H24Cl2F2N2O3. The zero-order valence-corrected chi connectivity index (χ0v) is 20.7. The van der Waals surface area contributed by atoms with Crippen LogP contribution in [0.2, 0.25) is 5.02 Å². The van der Waals surface area contributed by atoms with E-state index in [1.54, 1.807) is 0 Å². The summed E-state index contributed by atoms with van der Waals surface area (Å²) in [7, 11) is 0. The fourth-order valence-corrected chi connectivity index (χ4v) is 4.58. The first-order valence-corrected chi connectivity index (χ1v) is 12.2. The molecule has 0 aliphatic heterocycles. The van der Waals surface area contributed by atoms with E-state index in [2.05, 4.69) is 5.32 Å². The van der Waals surface area contributed by atoms with Crippen LogP contribution in [0.1, 0.15) is 24.0 Å². The summed E-state index contributed by atoms with van der Waals surface area (Å²) < 4.78 is 33.9. The molecule has 0 aromatic heterocycles. The summed E-state index contributed by atoms with van der Waals surface area (Å²) in [5.41, 5.74) is 0.196. The van der Waals surface area contributed by atoms with Gasteiger partial charge >= 0.3 is 0 Å². The Balaban J connectivity index is 1.59. The summed E-state index contributed by atoms with van der Waals surface area (Å²) in [6.45, 7) is 0.365. The first-order valence-electron chi connectivity index (χ1n) is 11.3. The number of carbonyl (C=O) groups is 2. The molecule has 1 saturated carbocycles. The number of halogens is 4. The van der Waals surface area contributed by atoms with Crippen LogP contribution in [0, 0.1) is 11.6 Å². The number of nitrogens with zero attached hydrogens (tertiary/aromatic N) is 1. The van der Waals surface area contributed by atoms with Gasteiger partial charge in [-0.05, 0) is 41.5 Å². The van der Waals surface area contributed by atoms with Crippen molar-refractivity contribution in [2.75, 3.05) is 11.2 Å². The summed E-state index contributed by atoms with van der Waals surface area (Å²) in [6.07, 6.45) is 0.0555. The van der Waals surface area contributed by atoms with Gasteiger partial charge in [0.15, 0.2) is 0 Å². The average molecular weight is 533 g/mol. The molecular weight excluding hydrogens is 509 g/mol. The fraction of sp³-hybridized carbons (Fsp3) is 0.259. The lowest BCUT2D eigenvalue weighted by molar-refractivity contribution is -0.165. The third-order valence-electron chi connectivity index (χ3n) is 6.25. The van der Waals surface area contributed by atoms with Crippen molar-refractivity contribution >= 4 is 40.7 Å². The SMILES string of the molecule is O=C(CCl)N(Cc1ccc(F)cc1)C1(C(=O)Nc2ccc(Cl)cc2F)CC(OCc2ccccc2)C1. The highest BCUT2D eigenvalue weighted by Crippen LogP contribution is 2.42. The molecule has 0 saturated heterocycles. The first kappa shape index (κ1) is 26.1. The normalized spacial score (nSPS) is 18.8. The molecule has 2 amide bonds. The predicted octanol–water partition coefficient (Wildman–Crippen LogP) is 5.94. The summed E-state index contributed by atoms with van der Waals surface area (Å²) in [5.74, 6) is -2.52. The van der Waals surface area contributed by atoms with Gasteiger partial charge in [0.05, 0.1) is 18.4 Å². The van der Waals surface area contributed by atoms with E-state index < -0.39 is 29.0 Å². The second-order valence-electron chi connectivity index (χ2n) is 8.68. The van der Waals surface area contributed by atoms with Crippen LogP contribution in [0.25, 0.3) is 0 Å². The Bertz CT molecular complexity index is 1220. The Hall–Kier alpha value is -3.00. The molecule has 3 aromatic rings. The molecule has 0 spiro atoms. The van der Waals surface area contributed by atoms with E-state index in [-0.39, 0.29) is 42.1 Å². The maximum absolute atomic E-state index is 14.5. The number of hydrogen-bond acceptors (Lipinski definition) is 3. The number of ether oxygens (including phenoxy) is 1. The van der Waals surface area contributed by atoms with E-state index in [9.17, 15) is 18.4 Å². The number of hydrogen-bond donors (Lipinski definition) is 1. The fourth-order valence-electron chi connectivity index (χ4n) is 4.28. The number of nitrogens with one attached hydrogen (secondary N) is 1. The Morgan fingerprint density at radius 3 is 2.33 bits per heavy atom. The summed E-state index contributed by atoms with van der Waals surface area (Å²) >= 11 is 11.8. The quantitative estimate of drug-likeness (QED) is 0.347. The van der Waals surface area contributed by atoms with Gasteiger partial charge in [0, 0.05) is 24.4 Å². The van der Waals surface area contributed by atoms with Crippen molar-refractivity contribution in [3.8, 4) is 0 Å². The van der Waals surface area contributed by atoms with Crippen molar-refractivity contribution in [1.82, 2.24) is 4.90 Å². The van der Waals surface area contributed by atoms with Crippen LogP contribution in [-0.4, -0.2) is 34.2 Å². The average Bonchev–Trinajstić information content (AvgIpc) is 2.85. The van der Waals surface area contributed by atoms with Crippen molar-refractivity contribution < 1.29 is 23.1 Å². The van der Waals surface area contributed by atoms with Gasteiger partial charge in [-0.3, -0.25) is 9.59 Å². The second-order valence-corrected chi connectivity index (χ2v) is 9.38. The molecule has 4 rings (SSSR count). The molecule has 1 aliphatic rings. The Morgan fingerprint density at radius 2 is 1.69 bits per heavy atom. The van der Waals surface area contributed by atoms with E-state index in [0.717, 1.165) is 11.6 Å². The number of rotatable bonds is 9. The molecule has 5 nitrogen and oxygen atoms in total. The molecule has 0 heterocycles. The Kier molecular flexibility index (Phi) is 8.24. The molecule has 0 radical (unpaired) electrons. The lowest BCUT2D eigenvalue weighted by atomic mass is 9.71. The van der Waals surface area contributed by atoms with Crippen LogP contribution in [0.5, 0.6) is 0 Å². The number of benzene rings is 3. The zero-order valence-electron chi connectivity index (χ0n) is 19.2. The lowest BCUT2D eigenvalue weighted by Gasteiger charge is -2.52. The van der Waals surface area contributed by atoms with Gasteiger partial charge in [-0.1, -0.05) is 54.1 Å². The van der Waals surface area contributed by atoms with Gasteiger partial charge < -0.3 is 15.0 Å². The number of anilines is 1. The van der Waals surface area contributed by atoms with E-state index in [0.29, 0.717) is 12.2 Å². The van der Waals surface area contributed by atoms with Crippen LogP contribution >= 0.6 is 23.2 Å². The standard InChI is InChI=1S/C27H24Cl2F2N2O3/c28-15-25(34)33(16-18-6-9-21(30)10-7-18)27(26(35)32-24-11-8-20(29)12-23(24)31)13-22(14-27)36-17-19-4-2-1-3-5-19/h1-12,22H,13-17H2,(H,32,35). The molecule has 1 aliphatic carbocycles. The van der Waals surface area contributed by atoms with Gasteiger partial charge in [0.1, 0.15) is 23.1 Å². The van der Waals surface area contributed by atoms with Gasteiger partial charge in [0.25, 0.3) is 5.91 Å². The third kappa shape index (κ3) is 5.86. The zero-order chi connectivity index (χ0) is 25.7. The largest absolute Gasteiger partial charge is 0.373 e. The number of carbonyl (C=O) groups excluding carboxylic acids is 2. The Labute approximate surface area is 218 Å². The van der Waals surface area contributed by atoms with Crippen molar-refractivity contribution in [3.63, 3.8) is 0 Å². The van der Waals surface area contributed by atoms with Gasteiger partial charge in [0.2, 0.25) is 5.91 Å². The highest BCUT2D eigenvalue weighted by molar-refractivity contribution is 6.30. The highest BCUT2D eigenvalue weighted by Gasteiger charge is 2.56. The van der Waals surface area contributed by atoms with Gasteiger partial charge in [-0.15, -0.1) is 11.6 Å². The topological polar surface area (TPSA) is 58.6 Å². The maximum atomic E-state index is 14.5. The lowest BCUT2D eigenvalue weighted by Crippen LogP contribution is -2.67. The minimum absolute atomic E-state index is 0.0216. The molecule has 188 valence electrons. The van der Waals surface area contributed by atoms with Crippen molar-refractivity contribution in [1.29, 1.82) is 0 Å². The molecule has 3 aromatic carbocycles. The number of amides is 2. The smallest absolute Gasteiger partial charge is 0.250 e. The van der Waals surface area contributed by atoms with E-state index in [1.165, 1.54) is 41.3 Å². The van der Waals surface area contributed by atoms with Crippen molar-refractivity contribution in [3.05, 3.63) is 101 Å². The molecule has 9 heteroatoms. The summed E-state index contributed by atoms with van der Waals surface area (Å²) in [5, 5.41) is 2.79. The summed E-state index contributed by atoms with van der Waals surface area (Å²) in [4.78, 5) is 28.0. The van der Waals surface area contributed by atoms with Crippen LogP contribution < -0.4 is 5.32 Å². The predicted molar refractivity (Wildman–Crippen MR) is 135 cm³/mol. The summed E-state index contributed by atoms with van der Waals surface area (Å²) in [6, 6.07) is 19.1. The monoisotopic (exact) mass is 532 g/mol. The van der Waals surface area contributed by atoms with Crippen molar-refractivity contribution in [2.24, 2.45) is 0 Å². The second kappa shape index (κ2) is 11.4. The van der Waals surface area contributed by atoms with Crippen LogP contribution in [0.15, 0.2) is 72.8 Å². The molecule has 36 heavy (non-hydrogen) atoms. The van der Waals surface area contributed by atoms with Gasteiger partial charge in [-0.2, -0.15) is 0 Å². The van der Waals surface area contributed by atoms with Crippen molar-refractivity contribution in [2.45, 2.75) is 37.6 Å².